The van der Waals surface area contributed by atoms with Gasteiger partial charge in [0.25, 0.3) is 0 Å². The molecule has 8 nitrogen and oxygen atoms in total. The van der Waals surface area contributed by atoms with Crippen LogP contribution in [0.25, 0.3) is 0 Å². The van der Waals surface area contributed by atoms with Crippen LogP contribution >= 0.6 is 0 Å². The first-order valence-corrected chi connectivity index (χ1v) is 10.6. The van der Waals surface area contributed by atoms with Gasteiger partial charge in [0.15, 0.2) is 0 Å². The topological polar surface area (TPSA) is 112 Å². The SMILES string of the molecule is O=C(O)[C@H]1CCCN1S(=O)(=O)c1ccc(N2CCCS2(=O)=O)cc1. The van der Waals surface area contributed by atoms with Crippen LogP contribution < -0.4 is 4.31 Å². The van der Waals surface area contributed by atoms with Crippen LogP contribution in [0.15, 0.2) is 29.2 Å². The summed E-state index contributed by atoms with van der Waals surface area (Å²) >= 11 is 0. The number of benzene rings is 1. The van der Waals surface area contributed by atoms with Crippen molar-refractivity contribution >= 4 is 31.7 Å². The van der Waals surface area contributed by atoms with E-state index in [1.807, 2.05) is 0 Å². The number of carboxylic acids is 1. The number of sulfonamides is 2. The molecule has 1 aromatic rings. The summed E-state index contributed by atoms with van der Waals surface area (Å²) in [6, 6.07) is 4.50. The number of carbonyl (C=O) groups is 1. The maximum atomic E-state index is 12.6. The molecule has 0 aromatic heterocycles. The molecule has 2 aliphatic rings. The molecule has 2 aliphatic heterocycles. The van der Waals surface area contributed by atoms with Gasteiger partial charge in [-0.3, -0.25) is 9.10 Å². The second kappa shape index (κ2) is 6.01. The van der Waals surface area contributed by atoms with Crippen molar-refractivity contribution < 1.29 is 26.7 Å². The van der Waals surface area contributed by atoms with Gasteiger partial charge in [0.1, 0.15) is 6.04 Å². The quantitative estimate of drug-likeness (QED) is 0.820. The standard InChI is InChI=1S/C14H18N2O6S2/c17-14(18)13-3-1-8-16(13)24(21,22)12-6-4-11(5-7-12)15-9-2-10-23(15,19)20/h4-7,13H,1-3,8-10H2,(H,17,18)/t13-/m1/s1. The van der Waals surface area contributed by atoms with Crippen molar-refractivity contribution in [3.05, 3.63) is 24.3 Å². The summed E-state index contributed by atoms with van der Waals surface area (Å²) in [6.07, 6.45) is 1.33. The van der Waals surface area contributed by atoms with Crippen molar-refractivity contribution in [3.63, 3.8) is 0 Å². The summed E-state index contributed by atoms with van der Waals surface area (Å²) in [5.41, 5.74) is 0.419. The number of hydrogen-bond donors (Lipinski definition) is 1. The third kappa shape index (κ3) is 2.89. The van der Waals surface area contributed by atoms with Gasteiger partial charge in [-0.1, -0.05) is 0 Å². The molecule has 10 heteroatoms. The molecule has 0 amide bonds. The zero-order valence-corrected chi connectivity index (χ0v) is 14.5. The molecule has 0 saturated carbocycles. The Hall–Kier alpha value is -1.65. The highest BCUT2D eigenvalue weighted by Gasteiger charge is 2.39. The lowest BCUT2D eigenvalue weighted by Crippen LogP contribution is -2.40. The zero-order valence-electron chi connectivity index (χ0n) is 12.8. The first-order valence-electron chi connectivity index (χ1n) is 7.58. The average Bonchev–Trinajstić information content (AvgIpc) is 3.14. The van der Waals surface area contributed by atoms with Crippen molar-refractivity contribution in [1.82, 2.24) is 4.31 Å². The molecule has 1 atom stereocenters. The first-order chi connectivity index (χ1) is 11.2. The van der Waals surface area contributed by atoms with Crippen LogP contribution in [-0.4, -0.2) is 57.1 Å². The number of anilines is 1. The lowest BCUT2D eigenvalue weighted by molar-refractivity contribution is -0.140. The lowest BCUT2D eigenvalue weighted by atomic mass is 10.2. The first kappa shape index (κ1) is 17.2. The number of hydrogen-bond acceptors (Lipinski definition) is 5. The molecule has 2 saturated heterocycles. The summed E-state index contributed by atoms with van der Waals surface area (Å²) in [5.74, 6) is -1.07. The molecule has 132 valence electrons. The van der Waals surface area contributed by atoms with E-state index in [0.29, 0.717) is 31.5 Å². The van der Waals surface area contributed by atoms with Gasteiger partial charge in [-0.05, 0) is 43.5 Å². The Morgan fingerprint density at radius 3 is 2.33 bits per heavy atom. The van der Waals surface area contributed by atoms with Crippen LogP contribution in [-0.2, 0) is 24.8 Å². The van der Waals surface area contributed by atoms with Crippen LogP contribution in [0.5, 0.6) is 0 Å². The Balaban J connectivity index is 1.89. The Labute approximate surface area is 140 Å². The van der Waals surface area contributed by atoms with Gasteiger partial charge < -0.3 is 5.11 Å². The van der Waals surface area contributed by atoms with Gasteiger partial charge in [0, 0.05) is 13.1 Å². The largest absolute Gasteiger partial charge is 0.480 e. The maximum Gasteiger partial charge on any atom is 0.322 e. The molecule has 0 bridgehead atoms. The third-order valence-electron chi connectivity index (χ3n) is 4.32. The monoisotopic (exact) mass is 374 g/mol. The van der Waals surface area contributed by atoms with Crippen LogP contribution in [0.3, 0.4) is 0 Å². The Kier molecular flexibility index (Phi) is 4.30. The fourth-order valence-electron chi connectivity index (χ4n) is 3.12. The molecule has 3 rings (SSSR count). The van der Waals surface area contributed by atoms with Crippen molar-refractivity contribution in [2.75, 3.05) is 23.1 Å². The van der Waals surface area contributed by atoms with E-state index in [1.54, 1.807) is 0 Å². The third-order valence-corrected chi connectivity index (χ3v) is 8.11. The predicted molar refractivity (Wildman–Crippen MR) is 86.7 cm³/mol. The van der Waals surface area contributed by atoms with Gasteiger partial charge in [-0.15, -0.1) is 0 Å². The smallest absolute Gasteiger partial charge is 0.322 e. The molecular formula is C14H18N2O6S2. The predicted octanol–water partition coefficient (Wildman–Crippen LogP) is 0.464. The van der Waals surface area contributed by atoms with E-state index >= 15 is 0 Å². The molecule has 1 N–H and O–H groups in total. The molecule has 2 fully saturated rings. The van der Waals surface area contributed by atoms with E-state index in [1.165, 1.54) is 28.6 Å². The zero-order chi connectivity index (χ0) is 17.5. The normalized spacial score (nSPS) is 24.3. The van der Waals surface area contributed by atoms with Gasteiger partial charge in [-0.2, -0.15) is 4.31 Å². The minimum atomic E-state index is -3.92. The Morgan fingerprint density at radius 2 is 1.79 bits per heavy atom. The van der Waals surface area contributed by atoms with Crippen molar-refractivity contribution in [2.24, 2.45) is 0 Å². The van der Waals surface area contributed by atoms with Crippen LogP contribution in [0.4, 0.5) is 5.69 Å². The lowest BCUT2D eigenvalue weighted by Gasteiger charge is -2.22. The summed E-state index contributed by atoms with van der Waals surface area (Å²) < 4.78 is 51.4. The number of rotatable bonds is 4. The molecule has 2 heterocycles. The van der Waals surface area contributed by atoms with Crippen LogP contribution in [0.1, 0.15) is 19.3 Å². The summed E-state index contributed by atoms with van der Waals surface area (Å²) in [6.45, 7) is 0.545. The number of nitrogens with zero attached hydrogens (tertiary/aromatic N) is 2. The minimum Gasteiger partial charge on any atom is -0.480 e. The number of aliphatic carboxylic acids is 1. The Morgan fingerprint density at radius 1 is 1.12 bits per heavy atom. The summed E-state index contributed by atoms with van der Waals surface area (Å²) in [5, 5.41) is 9.16. The van der Waals surface area contributed by atoms with E-state index in [0.717, 1.165) is 4.31 Å². The average molecular weight is 374 g/mol. The highest BCUT2D eigenvalue weighted by molar-refractivity contribution is 7.93. The maximum absolute atomic E-state index is 12.6. The molecule has 1 aromatic carbocycles. The fourth-order valence-corrected chi connectivity index (χ4v) is 6.34. The van der Waals surface area contributed by atoms with Gasteiger partial charge >= 0.3 is 5.97 Å². The molecule has 0 aliphatic carbocycles. The van der Waals surface area contributed by atoms with E-state index < -0.39 is 32.1 Å². The van der Waals surface area contributed by atoms with E-state index in [9.17, 15) is 21.6 Å². The van der Waals surface area contributed by atoms with Crippen LogP contribution in [0.2, 0.25) is 0 Å². The van der Waals surface area contributed by atoms with Gasteiger partial charge in [0.05, 0.1) is 16.3 Å². The van der Waals surface area contributed by atoms with Crippen molar-refractivity contribution in [1.29, 1.82) is 0 Å². The number of carboxylic acid groups (broad SMARTS) is 1. The fraction of sp³-hybridized carbons (Fsp3) is 0.500. The van der Waals surface area contributed by atoms with Crippen molar-refractivity contribution in [2.45, 2.75) is 30.2 Å². The van der Waals surface area contributed by atoms with E-state index in [2.05, 4.69) is 0 Å². The Bertz CT molecular complexity index is 848. The van der Waals surface area contributed by atoms with Gasteiger partial charge in [-0.25, -0.2) is 16.8 Å². The molecule has 0 radical (unpaired) electrons. The second-order valence-corrected chi connectivity index (χ2v) is 9.75. The summed E-state index contributed by atoms with van der Waals surface area (Å²) in [7, 11) is -7.25. The highest BCUT2D eigenvalue weighted by Crippen LogP contribution is 2.29. The molecule has 0 unspecified atom stereocenters. The molecule has 24 heavy (non-hydrogen) atoms. The highest BCUT2D eigenvalue weighted by atomic mass is 32.2. The minimum absolute atomic E-state index is 0.0315. The van der Waals surface area contributed by atoms with Gasteiger partial charge in [0.2, 0.25) is 20.0 Å². The van der Waals surface area contributed by atoms with Crippen molar-refractivity contribution in [3.8, 4) is 0 Å². The molecule has 0 spiro atoms. The summed E-state index contributed by atoms with van der Waals surface area (Å²) in [4.78, 5) is 11.2. The van der Waals surface area contributed by atoms with Crippen LogP contribution in [0, 0.1) is 0 Å². The molecular weight excluding hydrogens is 356 g/mol. The second-order valence-electron chi connectivity index (χ2n) is 5.85. The van der Waals surface area contributed by atoms with E-state index in [-0.39, 0.29) is 17.2 Å². The van der Waals surface area contributed by atoms with E-state index in [4.69, 9.17) is 5.11 Å².